The molecule has 8 nitrogen and oxygen atoms in total. The summed E-state index contributed by atoms with van der Waals surface area (Å²) in [6, 6.07) is 7.68. The van der Waals surface area contributed by atoms with E-state index in [-0.39, 0.29) is 16.7 Å². The van der Waals surface area contributed by atoms with Crippen molar-refractivity contribution >= 4 is 21.7 Å². The Kier molecular flexibility index (Phi) is 5.66. The minimum absolute atomic E-state index is 0.00560. The number of rotatable bonds is 4. The number of piperazine rings is 1. The molecule has 0 saturated carbocycles. The lowest BCUT2D eigenvalue weighted by atomic mass is 10.1. The number of carbonyl (C=O) groups excluding carboxylic acids is 1. The quantitative estimate of drug-likeness (QED) is 0.829. The standard InChI is InChI=1S/C19H25N5O3S/c1-13(2)18-21-14(3)12-17(22-18)23-8-10-24(11-9-23)19(25)15-4-6-16(7-5-15)28(20,26)27/h4-7,12-13H,8-11H2,1-3H3,(H2,20,26,27). The van der Waals surface area contributed by atoms with Crippen LogP contribution in [-0.2, 0) is 10.0 Å². The highest BCUT2D eigenvalue weighted by molar-refractivity contribution is 7.89. The minimum Gasteiger partial charge on any atom is -0.353 e. The van der Waals surface area contributed by atoms with E-state index in [1.165, 1.54) is 24.3 Å². The second kappa shape index (κ2) is 7.84. The zero-order chi connectivity index (χ0) is 20.5. The fourth-order valence-corrected chi connectivity index (χ4v) is 3.62. The molecule has 28 heavy (non-hydrogen) atoms. The molecule has 1 aromatic heterocycles. The van der Waals surface area contributed by atoms with Crippen LogP contribution in [0.3, 0.4) is 0 Å². The normalized spacial score (nSPS) is 15.2. The second-order valence-electron chi connectivity index (χ2n) is 7.23. The largest absolute Gasteiger partial charge is 0.353 e. The van der Waals surface area contributed by atoms with Crippen molar-refractivity contribution in [2.45, 2.75) is 31.6 Å². The number of hydrogen-bond donors (Lipinski definition) is 1. The Bertz CT molecular complexity index is 966. The molecule has 1 aliphatic rings. The SMILES string of the molecule is Cc1cc(N2CCN(C(=O)c3ccc(S(N)(=O)=O)cc3)CC2)nc(C(C)C)n1. The number of hydrogen-bond acceptors (Lipinski definition) is 6. The zero-order valence-corrected chi connectivity index (χ0v) is 17.1. The van der Waals surface area contributed by atoms with Crippen LogP contribution in [0.5, 0.6) is 0 Å². The highest BCUT2D eigenvalue weighted by Gasteiger charge is 2.24. The molecule has 0 aliphatic carbocycles. The number of sulfonamides is 1. The van der Waals surface area contributed by atoms with E-state index in [2.05, 4.69) is 28.7 Å². The van der Waals surface area contributed by atoms with Gasteiger partial charge in [-0.05, 0) is 31.2 Å². The lowest BCUT2D eigenvalue weighted by Gasteiger charge is -2.35. The Labute approximate surface area is 165 Å². The van der Waals surface area contributed by atoms with Crippen LogP contribution in [0.1, 0.15) is 41.6 Å². The summed E-state index contributed by atoms with van der Waals surface area (Å²) < 4.78 is 22.7. The highest BCUT2D eigenvalue weighted by Crippen LogP contribution is 2.19. The molecule has 9 heteroatoms. The number of nitrogens with two attached hydrogens (primary N) is 1. The van der Waals surface area contributed by atoms with E-state index in [0.29, 0.717) is 31.7 Å². The Morgan fingerprint density at radius 3 is 2.21 bits per heavy atom. The van der Waals surface area contributed by atoms with E-state index in [1.54, 1.807) is 4.90 Å². The van der Waals surface area contributed by atoms with Gasteiger partial charge in [-0.3, -0.25) is 4.79 Å². The van der Waals surface area contributed by atoms with Crippen molar-refractivity contribution < 1.29 is 13.2 Å². The molecule has 0 spiro atoms. The van der Waals surface area contributed by atoms with Crippen molar-refractivity contribution in [1.82, 2.24) is 14.9 Å². The number of amides is 1. The maximum Gasteiger partial charge on any atom is 0.253 e. The second-order valence-corrected chi connectivity index (χ2v) is 8.79. The molecule has 1 aromatic carbocycles. The van der Waals surface area contributed by atoms with E-state index < -0.39 is 10.0 Å². The summed E-state index contributed by atoms with van der Waals surface area (Å²) in [7, 11) is -3.77. The van der Waals surface area contributed by atoms with Crippen LogP contribution in [0.4, 0.5) is 5.82 Å². The zero-order valence-electron chi connectivity index (χ0n) is 16.3. The Hall–Kier alpha value is -2.52. The number of aromatic nitrogens is 2. The van der Waals surface area contributed by atoms with Crippen LogP contribution in [0, 0.1) is 6.92 Å². The van der Waals surface area contributed by atoms with Crippen LogP contribution < -0.4 is 10.0 Å². The van der Waals surface area contributed by atoms with Gasteiger partial charge in [-0.2, -0.15) is 0 Å². The number of carbonyl (C=O) groups is 1. The van der Waals surface area contributed by atoms with Crippen LogP contribution in [0.2, 0.25) is 0 Å². The molecule has 2 N–H and O–H groups in total. The molecule has 2 heterocycles. The number of benzene rings is 1. The molecule has 0 bridgehead atoms. The molecule has 2 aromatic rings. The van der Waals surface area contributed by atoms with Gasteiger partial charge in [0.1, 0.15) is 11.6 Å². The van der Waals surface area contributed by atoms with Gasteiger partial charge in [-0.15, -0.1) is 0 Å². The molecule has 1 fully saturated rings. The molecule has 0 atom stereocenters. The average molecular weight is 404 g/mol. The molecule has 0 unspecified atom stereocenters. The predicted octanol–water partition coefficient (Wildman–Crippen LogP) is 1.52. The fraction of sp³-hybridized carbons (Fsp3) is 0.421. The van der Waals surface area contributed by atoms with Crippen LogP contribution in [0.25, 0.3) is 0 Å². The minimum atomic E-state index is -3.77. The third kappa shape index (κ3) is 4.48. The molecular formula is C19H25N5O3S. The third-order valence-electron chi connectivity index (χ3n) is 4.70. The molecule has 1 aliphatic heterocycles. The summed E-state index contributed by atoms with van der Waals surface area (Å²) in [6.45, 7) is 8.57. The van der Waals surface area contributed by atoms with Crippen molar-refractivity contribution in [2.75, 3.05) is 31.1 Å². The summed E-state index contributed by atoms with van der Waals surface area (Å²) in [5.74, 6) is 1.84. The number of aryl methyl sites for hydroxylation is 1. The van der Waals surface area contributed by atoms with Crippen LogP contribution >= 0.6 is 0 Å². The summed E-state index contributed by atoms with van der Waals surface area (Å²) in [4.78, 5) is 25.8. The van der Waals surface area contributed by atoms with Crippen molar-refractivity contribution in [2.24, 2.45) is 5.14 Å². The van der Waals surface area contributed by atoms with Gasteiger partial charge in [0.2, 0.25) is 10.0 Å². The van der Waals surface area contributed by atoms with Crippen molar-refractivity contribution in [3.63, 3.8) is 0 Å². The van der Waals surface area contributed by atoms with E-state index in [9.17, 15) is 13.2 Å². The third-order valence-corrected chi connectivity index (χ3v) is 5.62. The van der Waals surface area contributed by atoms with Gasteiger partial charge in [0.05, 0.1) is 4.90 Å². The van der Waals surface area contributed by atoms with Gasteiger partial charge in [0, 0.05) is 49.4 Å². The first-order chi connectivity index (χ1) is 13.1. The summed E-state index contributed by atoms with van der Waals surface area (Å²) >= 11 is 0. The first-order valence-electron chi connectivity index (χ1n) is 9.18. The van der Waals surface area contributed by atoms with Gasteiger partial charge in [0.25, 0.3) is 5.91 Å². The lowest BCUT2D eigenvalue weighted by Crippen LogP contribution is -2.49. The average Bonchev–Trinajstić information content (AvgIpc) is 2.66. The first kappa shape index (κ1) is 20.2. The van der Waals surface area contributed by atoms with E-state index >= 15 is 0 Å². The maximum absolute atomic E-state index is 12.7. The van der Waals surface area contributed by atoms with Crippen LogP contribution in [0.15, 0.2) is 35.2 Å². The monoisotopic (exact) mass is 403 g/mol. The molecule has 1 amide bonds. The Morgan fingerprint density at radius 1 is 1.07 bits per heavy atom. The van der Waals surface area contributed by atoms with Gasteiger partial charge in [0.15, 0.2) is 0 Å². The van der Waals surface area contributed by atoms with Crippen molar-refractivity contribution in [3.05, 3.63) is 47.4 Å². The fourth-order valence-electron chi connectivity index (χ4n) is 3.10. The van der Waals surface area contributed by atoms with E-state index in [1.807, 2.05) is 13.0 Å². The van der Waals surface area contributed by atoms with Crippen molar-refractivity contribution in [1.29, 1.82) is 0 Å². The smallest absolute Gasteiger partial charge is 0.253 e. The number of nitrogens with zero attached hydrogens (tertiary/aromatic N) is 4. The molecule has 1 saturated heterocycles. The summed E-state index contributed by atoms with van der Waals surface area (Å²) in [5, 5.41) is 5.10. The first-order valence-corrected chi connectivity index (χ1v) is 10.7. The maximum atomic E-state index is 12.7. The van der Waals surface area contributed by atoms with Gasteiger partial charge in [-0.1, -0.05) is 13.8 Å². The summed E-state index contributed by atoms with van der Waals surface area (Å²) in [5.41, 5.74) is 1.38. The molecular weight excluding hydrogens is 378 g/mol. The topological polar surface area (TPSA) is 109 Å². The van der Waals surface area contributed by atoms with Gasteiger partial charge in [-0.25, -0.2) is 23.5 Å². The predicted molar refractivity (Wildman–Crippen MR) is 107 cm³/mol. The molecule has 3 rings (SSSR count). The van der Waals surface area contributed by atoms with E-state index in [4.69, 9.17) is 5.14 Å². The van der Waals surface area contributed by atoms with Crippen LogP contribution in [-0.4, -0.2) is 55.4 Å². The Balaban J connectivity index is 1.67. The molecule has 0 radical (unpaired) electrons. The lowest BCUT2D eigenvalue weighted by molar-refractivity contribution is 0.0746. The highest BCUT2D eigenvalue weighted by atomic mass is 32.2. The molecule has 150 valence electrons. The van der Waals surface area contributed by atoms with Gasteiger partial charge >= 0.3 is 0 Å². The van der Waals surface area contributed by atoms with E-state index in [0.717, 1.165) is 17.3 Å². The number of primary sulfonamides is 1. The Morgan fingerprint density at radius 2 is 1.68 bits per heavy atom. The number of anilines is 1. The van der Waals surface area contributed by atoms with Crippen molar-refractivity contribution in [3.8, 4) is 0 Å². The van der Waals surface area contributed by atoms with Gasteiger partial charge < -0.3 is 9.80 Å². The summed E-state index contributed by atoms with van der Waals surface area (Å²) in [6.07, 6.45) is 0.